The average molecular weight is 240 g/mol. The zero-order chi connectivity index (χ0) is 12.3. The van der Waals surface area contributed by atoms with Crippen LogP contribution in [0.3, 0.4) is 0 Å². The Morgan fingerprint density at radius 2 is 1.82 bits per heavy atom. The van der Waals surface area contributed by atoms with Crippen molar-refractivity contribution in [2.45, 2.75) is 58.3 Å². The highest BCUT2D eigenvalue weighted by molar-refractivity contribution is 4.69. The second kappa shape index (κ2) is 9.90. The van der Waals surface area contributed by atoms with Gasteiger partial charge in [-0.25, -0.2) is 0 Å². The van der Waals surface area contributed by atoms with Crippen molar-refractivity contribution in [1.29, 1.82) is 0 Å². The van der Waals surface area contributed by atoms with Crippen LogP contribution in [0.4, 0.5) is 0 Å². The first-order valence-electron chi connectivity index (χ1n) is 7.72. The third-order valence-corrected chi connectivity index (χ3v) is 3.92. The molecule has 102 valence electrons. The second-order valence-corrected chi connectivity index (χ2v) is 5.72. The van der Waals surface area contributed by atoms with Gasteiger partial charge in [0.1, 0.15) is 0 Å². The van der Waals surface area contributed by atoms with Crippen LogP contribution < -0.4 is 5.32 Å². The molecule has 0 aromatic heterocycles. The molecule has 0 unspecified atom stereocenters. The lowest BCUT2D eigenvalue weighted by Gasteiger charge is -2.27. The van der Waals surface area contributed by atoms with Crippen LogP contribution in [-0.2, 0) is 0 Å². The average Bonchev–Trinajstić information content (AvgIpc) is 2.35. The lowest BCUT2D eigenvalue weighted by Crippen LogP contribution is -2.33. The first-order valence-corrected chi connectivity index (χ1v) is 7.72. The standard InChI is InChI=1S/C15H32N2/c1-3-4-8-11-16-12-13-17(2)14-15-9-6-5-7-10-15/h15-16H,3-14H2,1-2H3. The van der Waals surface area contributed by atoms with E-state index in [2.05, 4.69) is 24.2 Å². The Labute approximate surface area is 108 Å². The fraction of sp³-hybridized carbons (Fsp3) is 1.00. The third-order valence-electron chi connectivity index (χ3n) is 3.92. The summed E-state index contributed by atoms with van der Waals surface area (Å²) in [6.45, 7) is 7.15. The quantitative estimate of drug-likeness (QED) is 0.622. The lowest BCUT2D eigenvalue weighted by molar-refractivity contribution is 0.233. The number of hydrogen-bond donors (Lipinski definition) is 1. The molecule has 1 aliphatic carbocycles. The van der Waals surface area contributed by atoms with Gasteiger partial charge >= 0.3 is 0 Å². The van der Waals surface area contributed by atoms with Crippen molar-refractivity contribution < 1.29 is 0 Å². The number of nitrogens with zero attached hydrogens (tertiary/aromatic N) is 1. The Hall–Kier alpha value is -0.0800. The number of likely N-dealkylation sites (N-methyl/N-ethyl adjacent to an activating group) is 1. The molecule has 0 spiro atoms. The monoisotopic (exact) mass is 240 g/mol. The number of hydrogen-bond acceptors (Lipinski definition) is 2. The molecule has 0 aliphatic heterocycles. The summed E-state index contributed by atoms with van der Waals surface area (Å²) >= 11 is 0. The Kier molecular flexibility index (Phi) is 8.72. The molecule has 2 heteroatoms. The van der Waals surface area contributed by atoms with Crippen LogP contribution in [0.5, 0.6) is 0 Å². The van der Waals surface area contributed by atoms with E-state index in [4.69, 9.17) is 0 Å². The van der Waals surface area contributed by atoms with Crippen molar-refractivity contribution in [3.8, 4) is 0 Å². The van der Waals surface area contributed by atoms with Crippen LogP contribution in [0.15, 0.2) is 0 Å². The Balaban J connectivity index is 1.91. The summed E-state index contributed by atoms with van der Waals surface area (Å²) in [5.41, 5.74) is 0. The molecule has 0 amide bonds. The molecular formula is C15H32N2. The van der Waals surface area contributed by atoms with E-state index in [9.17, 15) is 0 Å². The van der Waals surface area contributed by atoms with Crippen LogP contribution >= 0.6 is 0 Å². The van der Waals surface area contributed by atoms with Crippen molar-refractivity contribution in [3.05, 3.63) is 0 Å². The minimum absolute atomic E-state index is 0.980. The molecular weight excluding hydrogens is 208 g/mol. The van der Waals surface area contributed by atoms with Gasteiger partial charge in [0, 0.05) is 19.6 Å². The molecule has 1 N–H and O–H groups in total. The van der Waals surface area contributed by atoms with Crippen LogP contribution in [0.2, 0.25) is 0 Å². The van der Waals surface area contributed by atoms with Crippen LogP contribution in [0.1, 0.15) is 58.3 Å². The minimum atomic E-state index is 0.980. The molecule has 2 nitrogen and oxygen atoms in total. The molecule has 0 atom stereocenters. The highest BCUT2D eigenvalue weighted by Gasteiger charge is 2.14. The summed E-state index contributed by atoms with van der Waals surface area (Å²) in [6, 6.07) is 0. The maximum Gasteiger partial charge on any atom is 0.0104 e. The summed E-state index contributed by atoms with van der Waals surface area (Å²) in [5, 5.41) is 3.55. The van der Waals surface area contributed by atoms with Crippen molar-refractivity contribution in [2.24, 2.45) is 5.92 Å². The summed E-state index contributed by atoms with van der Waals surface area (Å²) in [5.74, 6) is 0.980. The van der Waals surface area contributed by atoms with Gasteiger partial charge in [-0.2, -0.15) is 0 Å². The van der Waals surface area contributed by atoms with Crippen molar-refractivity contribution >= 4 is 0 Å². The second-order valence-electron chi connectivity index (χ2n) is 5.72. The number of unbranched alkanes of at least 4 members (excludes halogenated alkanes) is 2. The van der Waals surface area contributed by atoms with E-state index in [1.807, 2.05) is 0 Å². The molecule has 1 rings (SSSR count). The molecule has 0 saturated heterocycles. The zero-order valence-electron chi connectivity index (χ0n) is 12.0. The highest BCUT2D eigenvalue weighted by atomic mass is 15.1. The minimum Gasteiger partial charge on any atom is -0.315 e. The van der Waals surface area contributed by atoms with Gasteiger partial charge in [-0.15, -0.1) is 0 Å². The Morgan fingerprint density at radius 1 is 1.06 bits per heavy atom. The predicted molar refractivity (Wildman–Crippen MR) is 76.5 cm³/mol. The molecule has 0 radical (unpaired) electrons. The predicted octanol–water partition coefficient (Wildman–Crippen LogP) is 3.28. The maximum atomic E-state index is 3.55. The van der Waals surface area contributed by atoms with Crippen LogP contribution in [0, 0.1) is 5.92 Å². The van der Waals surface area contributed by atoms with Gasteiger partial charge in [0.15, 0.2) is 0 Å². The van der Waals surface area contributed by atoms with Crippen molar-refractivity contribution in [3.63, 3.8) is 0 Å². The smallest absolute Gasteiger partial charge is 0.0104 e. The summed E-state index contributed by atoms with van der Waals surface area (Å²) in [7, 11) is 2.28. The fourth-order valence-corrected chi connectivity index (χ4v) is 2.80. The van der Waals surface area contributed by atoms with Gasteiger partial charge in [-0.3, -0.25) is 0 Å². The van der Waals surface area contributed by atoms with Gasteiger partial charge in [-0.1, -0.05) is 39.0 Å². The third kappa shape index (κ3) is 7.77. The van der Waals surface area contributed by atoms with Gasteiger partial charge in [0.2, 0.25) is 0 Å². The number of rotatable bonds is 9. The van der Waals surface area contributed by atoms with Gasteiger partial charge in [0.05, 0.1) is 0 Å². The molecule has 17 heavy (non-hydrogen) atoms. The van der Waals surface area contributed by atoms with Crippen LogP contribution in [0.25, 0.3) is 0 Å². The molecule has 1 saturated carbocycles. The van der Waals surface area contributed by atoms with Gasteiger partial charge in [0.25, 0.3) is 0 Å². The van der Waals surface area contributed by atoms with Crippen LogP contribution in [-0.4, -0.2) is 38.1 Å². The summed E-state index contributed by atoms with van der Waals surface area (Å²) < 4.78 is 0. The van der Waals surface area contributed by atoms with Gasteiger partial charge < -0.3 is 10.2 Å². The van der Waals surface area contributed by atoms with E-state index in [-0.39, 0.29) is 0 Å². The largest absolute Gasteiger partial charge is 0.315 e. The molecule has 1 aliphatic rings. The topological polar surface area (TPSA) is 15.3 Å². The molecule has 0 heterocycles. The number of nitrogens with one attached hydrogen (secondary N) is 1. The molecule has 1 fully saturated rings. The first-order chi connectivity index (χ1) is 8.33. The first kappa shape index (κ1) is 15.0. The van der Waals surface area contributed by atoms with E-state index < -0.39 is 0 Å². The van der Waals surface area contributed by atoms with E-state index in [1.165, 1.54) is 71.0 Å². The summed E-state index contributed by atoms with van der Waals surface area (Å²) in [4.78, 5) is 2.52. The fourth-order valence-electron chi connectivity index (χ4n) is 2.80. The zero-order valence-corrected chi connectivity index (χ0v) is 12.0. The Morgan fingerprint density at radius 3 is 2.53 bits per heavy atom. The lowest BCUT2D eigenvalue weighted by atomic mass is 9.89. The normalized spacial score (nSPS) is 17.8. The van der Waals surface area contributed by atoms with E-state index in [0.717, 1.165) is 12.5 Å². The maximum absolute atomic E-state index is 3.55. The van der Waals surface area contributed by atoms with Crippen molar-refractivity contribution in [2.75, 3.05) is 33.2 Å². The Bertz CT molecular complexity index is 164. The van der Waals surface area contributed by atoms with Crippen molar-refractivity contribution in [1.82, 2.24) is 10.2 Å². The highest BCUT2D eigenvalue weighted by Crippen LogP contribution is 2.23. The van der Waals surface area contributed by atoms with E-state index in [0.29, 0.717) is 0 Å². The summed E-state index contributed by atoms with van der Waals surface area (Å²) in [6.07, 6.45) is 11.4. The van der Waals surface area contributed by atoms with E-state index in [1.54, 1.807) is 0 Å². The molecule has 0 bridgehead atoms. The van der Waals surface area contributed by atoms with E-state index >= 15 is 0 Å². The molecule has 0 aromatic carbocycles. The SMILES string of the molecule is CCCCCNCCN(C)CC1CCCCC1. The van der Waals surface area contributed by atoms with Gasteiger partial charge in [-0.05, 0) is 38.8 Å². The molecule has 0 aromatic rings.